The average molecular weight is 456 g/mol. The number of hydrogen-bond acceptors (Lipinski definition) is 4. The molecule has 0 saturated carbocycles. The second-order valence-electron chi connectivity index (χ2n) is 6.11. The molecule has 0 spiro atoms. The molecule has 146 valence electrons. The fourth-order valence-corrected chi connectivity index (χ4v) is 3.25. The lowest BCUT2D eigenvalue weighted by atomic mass is 10.1. The number of fused-ring (bicyclic) bond motifs is 1. The van der Waals surface area contributed by atoms with E-state index in [9.17, 15) is 17.6 Å². The molecule has 2 aromatic carbocycles. The van der Waals surface area contributed by atoms with Crippen molar-refractivity contribution in [2.45, 2.75) is 32.1 Å². The van der Waals surface area contributed by atoms with E-state index in [1.54, 1.807) is 24.3 Å². The van der Waals surface area contributed by atoms with Crippen molar-refractivity contribution in [3.8, 4) is 6.07 Å². The SMILES string of the molecule is N#Cc1ccc(CNc2ccc3c(nnn3CCCC(F)(F)F)c2Br)cc1F. The number of nitrogens with zero attached hydrogens (tertiary/aromatic N) is 4. The third-order valence-electron chi connectivity index (χ3n) is 4.09. The highest BCUT2D eigenvalue weighted by Crippen LogP contribution is 2.31. The van der Waals surface area contributed by atoms with Gasteiger partial charge in [0.1, 0.15) is 17.4 Å². The van der Waals surface area contributed by atoms with Crippen LogP contribution in [0.1, 0.15) is 24.0 Å². The predicted molar refractivity (Wildman–Crippen MR) is 99.0 cm³/mol. The van der Waals surface area contributed by atoms with E-state index in [0.29, 0.717) is 33.3 Å². The molecule has 0 aliphatic heterocycles. The lowest BCUT2D eigenvalue weighted by molar-refractivity contribution is -0.136. The van der Waals surface area contributed by atoms with E-state index in [1.807, 2.05) is 0 Å². The van der Waals surface area contributed by atoms with E-state index in [4.69, 9.17) is 5.26 Å². The Kier molecular flexibility index (Phi) is 5.84. The quantitative estimate of drug-likeness (QED) is 0.521. The summed E-state index contributed by atoms with van der Waals surface area (Å²) in [5.74, 6) is -0.585. The van der Waals surface area contributed by atoms with Gasteiger partial charge < -0.3 is 5.32 Å². The molecule has 10 heteroatoms. The number of aromatic nitrogens is 3. The van der Waals surface area contributed by atoms with Gasteiger partial charge in [0.25, 0.3) is 0 Å². The molecule has 3 aromatic rings. The van der Waals surface area contributed by atoms with Gasteiger partial charge in [-0.25, -0.2) is 9.07 Å². The minimum absolute atomic E-state index is 0.0199. The fraction of sp³-hybridized carbons (Fsp3) is 0.278. The standard InChI is InChI=1S/C18H14BrF4N5/c19-16-14(25-10-11-2-3-12(9-24)13(20)8-11)4-5-15-17(16)26-27-28(15)7-1-6-18(21,22)23/h2-5,8,25H,1,6-7,10H2. The van der Waals surface area contributed by atoms with Crippen LogP contribution in [0.2, 0.25) is 0 Å². The first-order valence-electron chi connectivity index (χ1n) is 8.29. The third kappa shape index (κ3) is 4.59. The molecule has 0 bridgehead atoms. The second kappa shape index (κ2) is 8.14. The van der Waals surface area contributed by atoms with Crippen LogP contribution in [0.25, 0.3) is 11.0 Å². The van der Waals surface area contributed by atoms with E-state index in [0.717, 1.165) is 0 Å². The van der Waals surface area contributed by atoms with Crippen LogP contribution in [0.3, 0.4) is 0 Å². The van der Waals surface area contributed by atoms with Gasteiger partial charge >= 0.3 is 6.18 Å². The van der Waals surface area contributed by atoms with Gasteiger partial charge in [-0.1, -0.05) is 11.3 Å². The average Bonchev–Trinajstić information content (AvgIpc) is 3.04. The molecule has 1 aromatic heterocycles. The zero-order chi connectivity index (χ0) is 20.3. The lowest BCUT2D eigenvalue weighted by Gasteiger charge is -2.10. The number of benzene rings is 2. The maximum absolute atomic E-state index is 13.7. The summed E-state index contributed by atoms with van der Waals surface area (Å²) in [4.78, 5) is 0. The largest absolute Gasteiger partial charge is 0.389 e. The molecule has 0 radical (unpaired) electrons. The monoisotopic (exact) mass is 455 g/mol. The first kappa shape index (κ1) is 20.1. The van der Waals surface area contributed by atoms with Crippen molar-refractivity contribution in [3.05, 3.63) is 51.7 Å². The van der Waals surface area contributed by atoms with Gasteiger partial charge in [0.05, 0.1) is 21.2 Å². The summed E-state index contributed by atoms with van der Waals surface area (Å²) < 4.78 is 52.7. The van der Waals surface area contributed by atoms with Crippen LogP contribution in [0.4, 0.5) is 23.2 Å². The molecule has 28 heavy (non-hydrogen) atoms. The first-order valence-corrected chi connectivity index (χ1v) is 9.08. The van der Waals surface area contributed by atoms with Crippen molar-refractivity contribution in [1.82, 2.24) is 15.0 Å². The van der Waals surface area contributed by atoms with Crippen molar-refractivity contribution >= 4 is 32.7 Å². The Balaban J connectivity index is 1.72. The molecule has 0 saturated heterocycles. The maximum Gasteiger partial charge on any atom is 0.389 e. The molecule has 1 heterocycles. The van der Waals surface area contributed by atoms with E-state index in [1.165, 1.54) is 16.8 Å². The predicted octanol–water partition coefficient (Wildman–Crippen LogP) is 5.16. The number of rotatable bonds is 6. The van der Waals surface area contributed by atoms with Gasteiger partial charge in [0.2, 0.25) is 0 Å². The van der Waals surface area contributed by atoms with Crippen LogP contribution >= 0.6 is 15.9 Å². The van der Waals surface area contributed by atoms with Crippen molar-refractivity contribution in [1.29, 1.82) is 5.26 Å². The first-order chi connectivity index (χ1) is 13.3. The summed E-state index contributed by atoms with van der Waals surface area (Å²) in [6, 6.07) is 9.58. The number of alkyl halides is 3. The topological polar surface area (TPSA) is 66.5 Å². The van der Waals surface area contributed by atoms with Gasteiger partial charge in [-0.05, 0) is 52.2 Å². The highest BCUT2D eigenvalue weighted by Gasteiger charge is 2.26. The number of anilines is 1. The molecule has 5 nitrogen and oxygen atoms in total. The molecule has 0 atom stereocenters. The van der Waals surface area contributed by atoms with Crippen LogP contribution < -0.4 is 5.32 Å². The van der Waals surface area contributed by atoms with Crippen LogP contribution in [0.15, 0.2) is 34.8 Å². The summed E-state index contributed by atoms with van der Waals surface area (Å²) >= 11 is 3.43. The smallest absolute Gasteiger partial charge is 0.380 e. The Morgan fingerprint density at radius 1 is 1.21 bits per heavy atom. The molecule has 0 fully saturated rings. The normalized spacial score (nSPS) is 11.6. The minimum Gasteiger partial charge on any atom is -0.380 e. The van der Waals surface area contributed by atoms with Gasteiger partial charge in [-0.2, -0.15) is 18.4 Å². The summed E-state index contributed by atoms with van der Waals surface area (Å²) in [5.41, 5.74) is 2.44. The van der Waals surface area contributed by atoms with Crippen LogP contribution in [-0.2, 0) is 13.1 Å². The Morgan fingerprint density at radius 2 is 2.00 bits per heavy atom. The number of hydrogen-bond donors (Lipinski definition) is 1. The van der Waals surface area contributed by atoms with E-state index in [2.05, 4.69) is 31.6 Å². The van der Waals surface area contributed by atoms with E-state index < -0.39 is 18.4 Å². The number of halogens is 5. The highest BCUT2D eigenvalue weighted by molar-refractivity contribution is 9.10. The summed E-state index contributed by atoms with van der Waals surface area (Å²) in [5, 5.41) is 19.9. The molecule has 3 rings (SSSR count). The highest BCUT2D eigenvalue weighted by atomic mass is 79.9. The fourth-order valence-electron chi connectivity index (χ4n) is 2.69. The Bertz CT molecular complexity index is 1040. The minimum atomic E-state index is -4.20. The van der Waals surface area contributed by atoms with Crippen molar-refractivity contribution in [2.75, 3.05) is 5.32 Å². The molecule has 0 amide bonds. The zero-order valence-corrected chi connectivity index (χ0v) is 16.0. The van der Waals surface area contributed by atoms with Gasteiger partial charge in [0.15, 0.2) is 0 Å². The van der Waals surface area contributed by atoms with Crippen molar-refractivity contribution < 1.29 is 17.6 Å². The maximum atomic E-state index is 13.7. The van der Waals surface area contributed by atoms with Gasteiger partial charge in [-0.3, -0.25) is 0 Å². The summed E-state index contributed by atoms with van der Waals surface area (Å²) in [6.45, 7) is 0.423. The Hall–Kier alpha value is -2.67. The zero-order valence-electron chi connectivity index (χ0n) is 14.4. The summed E-state index contributed by atoms with van der Waals surface area (Å²) in [7, 11) is 0. The Labute approximate surface area is 166 Å². The molecule has 1 N–H and O–H groups in total. The number of nitrogens with one attached hydrogen (secondary N) is 1. The number of nitriles is 1. The van der Waals surface area contributed by atoms with Crippen LogP contribution in [0.5, 0.6) is 0 Å². The van der Waals surface area contributed by atoms with E-state index >= 15 is 0 Å². The van der Waals surface area contributed by atoms with Gasteiger partial charge in [-0.15, -0.1) is 5.10 Å². The lowest BCUT2D eigenvalue weighted by Crippen LogP contribution is -2.10. The molecular formula is C18H14BrF4N5. The Morgan fingerprint density at radius 3 is 2.68 bits per heavy atom. The van der Waals surface area contributed by atoms with Gasteiger partial charge in [0, 0.05) is 19.5 Å². The van der Waals surface area contributed by atoms with Crippen LogP contribution in [0, 0.1) is 17.1 Å². The van der Waals surface area contributed by atoms with Crippen molar-refractivity contribution in [3.63, 3.8) is 0 Å². The number of aryl methyl sites for hydroxylation is 1. The summed E-state index contributed by atoms with van der Waals surface area (Å²) in [6.07, 6.45) is -5.15. The van der Waals surface area contributed by atoms with E-state index in [-0.39, 0.29) is 18.5 Å². The second-order valence-corrected chi connectivity index (χ2v) is 6.90. The molecule has 0 aliphatic carbocycles. The molecular weight excluding hydrogens is 442 g/mol. The molecule has 0 aliphatic rings. The van der Waals surface area contributed by atoms with Crippen molar-refractivity contribution in [2.24, 2.45) is 0 Å². The molecule has 0 unspecified atom stereocenters. The van der Waals surface area contributed by atoms with Crippen LogP contribution in [-0.4, -0.2) is 21.2 Å². The third-order valence-corrected chi connectivity index (χ3v) is 4.90.